The van der Waals surface area contributed by atoms with Crippen LogP contribution < -0.4 is 20.7 Å². The molecule has 6 nitrogen and oxygen atoms in total. The van der Waals surface area contributed by atoms with Crippen LogP contribution in [0.15, 0.2) is 72.8 Å². The average molecular weight is 492 g/mol. The number of carbonyl (C=O) groups excluding carboxylic acids is 2. The molecule has 2 amide bonds. The van der Waals surface area contributed by atoms with Crippen LogP contribution in [0.2, 0.25) is 5.02 Å². The van der Waals surface area contributed by atoms with Gasteiger partial charge in [0.15, 0.2) is 0 Å². The van der Waals surface area contributed by atoms with Crippen molar-refractivity contribution in [2.75, 3.05) is 17.2 Å². The van der Waals surface area contributed by atoms with Gasteiger partial charge in [-0.1, -0.05) is 73.3 Å². The van der Waals surface area contributed by atoms with E-state index in [1.54, 1.807) is 24.3 Å². The molecule has 3 aromatic rings. The lowest BCUT2D eigenvalue weighted by Gasteiger charge is -2.23. The molecule has 0 atom stereocenters. The van der Waals surface area contributed by atoms with E-state index in [0.29, 0.717) is 34.3 Å². The van der Waals surface area contributed by atoms with E-state index in [1.165, 1.54) is 6.42 Å². The lowest BCUT2D eigenvalue weighted by molar-refractivity contribution is -0.114. The van der Waals surface area contributed by atoms with Crippen LogP contribution in [0.1, 0.15) is 48.0 Å². The van der Waals surface area contributed by atoms with Crippen molar-refractivity contribution in [2.24, 2.45) is 0 Å². The number of halogens is 1. The highest BCUT2D eigenvalue weighted by atomic mass is 35.5. The van der Waals surface area contributed by atoms with Crippen LogP contribution >= 0.6 is 11.6 Å². The van der Waals surface area contributed by atoms with Gasteiger partial charge in [0.2, 0.25) is 5.91 Å². The van der Waals surface area contributed by atoms with Crippen molar-refractivity contribution in [3.63, 3.8) is 0 Å². The van der Waals surface area contributed by atoms with Crippen molar-refractivity contribution in [1.29, 1.82) is 0 Å². The Morgan fingerprint density at radius 3 is 2.46 bits per heavy atom. The smallest absolute Gasteiger partial charge is 0.253 e. The molecule has 1 aliphatic rings. The van der Waals surface area contributed by atoms with Gasteiger partial charge in [-0.05, 0) is 48.7 Å². The van der Waals surface area contributed by atoms with Gasteiger partial charge in [-0.3, -0.25) is 9.59 Å². The van der Waals surface area contributed by atoms with Gasteiger partial charge in [-0.25, -0.2) is 0 Å². The van der Waals surface area contributed by atoms with Crippen LogP contribution in [0.25, 0.3) is 0 Å². The number of nitrogens with one attached hydrogen (secondary N) is 3. The molecule has 7 heteroatoms. The zero-order valence-electron chi connectivity index (χ0n) is 19.6. The number of hydrogen-bond donors (Lipinski definition) is 3. The Balaban J connectivity index is 1.32. The largest absolute Gasteiger partial charge is 0.487 e. The number of benzene rings is 3. The molecule has 0 heterocycles. The Kier molecular flexibility index (Phi) is 8.63. The van der Waals surface area contributed by atoms with Crippen molar-refractivity contribution in [2.45, 2.75) is 44.8 Å². The van der Waals surface area contributed by atoms with E-state index in [-0.39, 0.29) is 24.4 Å². The van der Waals surface area contributed by atoms with E-state index < -0.39 is 0 Å². The summed E-state index contributed by atoms with van der Waals surface area (Å²) in [6.45, 7) is 0.431. The van der Waals surface area contributed by atoms with E-state index in [9.17, 15) is 9.59 Å². The summed E-state index contributed by atoms with van der Waals surface area (Å²) in [4.78, 5) is 25.4. The van der Waals surface area contributed by atoms with Gasteiger partial charge in [0.25, 0.3) is 5.91 Å². The van der Waals surface area contributed by atoms with Crippen LogP contribution in [0.3, 0.4) is 0 Å². The second-order valence-electron chi connectivity index (χ2n) is 8.68. The molecule has 0 radical (unpaired) electrons. The van der Waals surface area contributed by atoms with Crippen LogP contribution in [0.4, 0.5) is 11.4 Å². The molecule has 35 heavy (non-hydrogen) atoms. The second kappa shape index (κ2) is 12.3. The first-order valence-electron chi connectivity index (χ1n) is 12.0. The third-order valence-electron chi connectivity index (χ3n) is 6.00. The SMILES string of the molecule is O=C(CNc1ccc(Cl)c(C(=O)NC2CCCCC2)c1)Nc1ccccc1OCc1ccccc1. The minimum absolute atomic E-state index is 0.0261. The van der Waals surface area contributed by atoms with Crippen molar-refractivity contribution < 1.29 is 14.3 Å². The molecule has 3 aromatic carbocycles. The Hall–Kier alpha value is -3.51. The minimum atomic E-state index is -0.232. The number of carbonyl (C=O) groups is 2. The van der Waals surface area contributed by atoms with Gasteiger partial charge >= 0.3 is 0 Å². The monoisotopic (exact) mass is 491 g/mol. The molecular weight excluding hydrogens is 462 g/mol. The van der Waals surface area contributed by atoms with Gasteiger partial charge in [-0.15, -0.1) is 0 Å². The van der Waals surface area contributed by atoms with Crippen LogP contribution in [-0.2, 0) is 11.4 Å². The summed E-state index contributed by atoms with van der Waals surface area (Å²) in [5.74, 6) is 0.182. The Morgan fingerprint density at radius 2 is 1.66 bits per heavy atom. The maximum absolute atomic E-state index is 12.8. The quantitative estimate of drug-likeness (QED) is 0.341. The fourth-order valence-electron chi connectivity index (χ4n) is 4.13. The molecule has 0 bridgehead atoms. The van der Waals surface area contributed by atoms with Crippen molar-refractivity contribution in [1.82, 2.24) is 5.32 Å². The molecule has 182 valence electrons. The Labute approximate surface area is 211 Å². The average Bonchev–Trinajstić information content (AvgIpc) is 2.89. The predicted octanol–water partition coefficient (Wildman–Crippen LogP) is 6.03. The maximum Gasteiger partial charge on any atom is 0.253 e. The molecule has 1 aliphatic carbocycles. The van der Waals surface area contributed by atoms with Gasteiger partial charge < -0.3 is 20.7 Å². The number of amides is 2. The Morgan fingerprint density at radius 1 is 0.914 bits per heavy atom. The predicted molar refractivity (Wildman–Crippen MR) is 140 cm³/mol. The first-order valence-corrected chi connectivity index (χ1v) is 12.4. The fraction of sp³-hybridized carbons (Fsp3) is 0.286. The fourth-order valence-corrected chi connectivity index (χ4v) is 4.33. The summed E-state index contributed by atoms with van der Waals surface area (Å²) in [5, 5.41) is 9.44. The summed E-state index contributed by atoms with van der Waals surface area (Å²) in [6, 6.07) is 22.5. The van der Waals surface area contributed by atoms with E-state index >= 15 is 0 Å². The summed E-state index contributed by atoms with van der Waals surface area (Å²) in [5.41, 5.74) is 2.69. The maximum atomic E-state index is 12.8. The number of hydrogen-bond acceptors (Lipinski definition) is 4. The zero-order valence-corrected chi connectivity index (χ0v) is 20.3. The topological polar surface area (TPSA) is 79.5 Å². The minimum Gasteiger partial charge on any atom is -0.487 e. The number of ether oxygens (including phenoxy) is 1. The molecule has 4 rings (SSSR count). The van der Waals surface area contributed by atoms with Crippen LogP contribution in [0.5, 0.6) is 5.75 Å². The summed E-state index contributed by atoms with van der Waals surface area (Å²) in [6.07, 6.45) is 5.49. The number of anilines is 2. The van der Waals surface area contributed by atoms with E-state index in [2.05, 4.69) is 16.0 Å². The molecule has 0 aromatic heterocycles. The Bertz CT molecular complexity index is 1150. The molecule has 0 spiro atoms. The molecule has 3 N–H and O–H groups in total. The van der Waals surface area contributed by atoms with Crippen molar-refractivity contribution >= 4 is 34.8 Å². The number of rotatable bonds is 9. The van der Waals surface area contributed by atoms with Crippen LogP contribution in [0, 0.1) is 0 Å². The summed E-state index contributed by atoms with van der Waals surface area (Å²) >= 11 is 6.29. The standard InChI is InChI=1S/C28H30ClN3O3/c29-24-16-15-22(17-23(24)28(34)31-21-11-5-2-6-12-21)30-18-27(33)32-25-13-7-8-14-26(25)35-19-20-9-3-1-4-10-20/h1,3-4,7-10,13-17,21,30H,2,5-6,11-12,18-19H2,(H,31,34)(H,32,33). The zero-order chi connectivity index (χ0) is 24.5. The second-order valence-corrected chi connectivity index (χ2v) is 9.08. The molecule has 1 saturated carbocycles. The van der Waals surface area contributed by atoms with E-state index in [4.69, 9.17) is 16.3 Å². The van der Waals surface area contributed by atoms with Crippen molar-refractivity contribution in [3.05, 3.63) is 88.9 Å². The van der Waals surface area contributed by atoms with Crippen LogP contribution in [-0.4, -0.2) is 24.4 Å². The van der Waals surface area contributed by atoms with Gasteiger partial charge in [-0.2, -0.15) is 0 Å². The highest BCUT2D eigenvalue weighted by Gasteiger charge is 2.19. The molecule has 0 saturated heterocycles. The van der Waals surface area contributed by atoms with Crippen molar-refractivity contribution in [3.8, 4) is 5.75 Å². The third kappa shape index (κ3) is 7.23. The van der Waals surface area contributed by atoms with Gasteiger partial charge in [0.1, 0.15) is 12.4 Å². The van der Waals surface area contributed by atoms with Gasteiger partial charge in [0.05, 0.1) is 22.8 Å². The lowest BCUT2D eigenvalue weighted by Crippen LogP contribution is -2.36. The first kappa shape index (κ1) is 24.6. The summed E-state index contributed by atoms with van der Waals surface area (Å²) < 4.78 is 5.91. The normalized spacial score (nSPS) is 13.6. The van der Waals surface area contributed by atoms with Gasteiger partial charge in [0, 0.05) is 11.7 Å². The lowest BCUT2D eigenvalue weighted by atomic mass is 9.95. The summed E-state index contributed by atoms with van der Waals surface area (Å²) in [7, 11) is 0. The third-order valence-corrected chi connectivity index (χ3v) is 6.33. The molecule has 1 fully saturated rings. The molecular formula is C28H30ClN3O3. The molecule has 0 unspecified atom stereocenters. The highest BCUT2D eigenvalue weighted by molar-refractivity contribution is 6.34. The molecule has 0 aliphatic heterocycles. The van der Waals surface area contributed by atoms with E-state index in [0.717, 1.165) is 31.2 Å². The number of para-hydroxylation sites is 2. The first-order chi connectivity index (χ1) is 17.1. The highest BCUT2D eigenvalue weighted by Crippen LogP contribution is 2.25. The van der Waals surface area contributed by atoms with E-state index in [1.807, 2.05) is 48.5 Å².